The molecule has 1 spiro atoms. The highest BCUT2D eigenvalue weighted by Gasteiger charge is 2.41. The molecule has 3 rings (SSSR count). The molecule has 2 aliphatic carbocycles. The van der Waals surface area contributed by atoms with E-state index in [0.717, 1.165) is 5.75 Å². The van der Waals surface area contributed by atoms with Gasteiger partial charge in [0, 0.05) is 3.57 Å². The van der Waals surface area contributed by atoms with Crippen LogP contribution in [0.2, 0.25) is 0 Å². The van der Waals surface area contributed by atoms with Crippen molar-refractivity contribution in [3.8, 4) is 5.75 Å². The van der Waals surface area contributed by atoms with Crippen molar-refractivity contribution in [2.24, 2.45) is 5.41 Å². The lowest BCUT2D eigenvalue weighted by Gasteiger charge is -2.21. The largest absolute Gasteiger partial charge is 0.496 e. The van der Waals surface area contributed by atoms with Gasteiger partial charge in [0.15, 0.2) is 0 Å². The molecular weight excluding hydrogens is 311 g/mol. The first-order valence-corrected chi connectivity index (χ1v) is 7.16. The average Bonchev–Trinajstić information content (AvgIpc) is 2.88. The van der Waals surface area contributed by atoms with Gasteiger partial charge in [-0.3, -0.25) is 0 Å². The number of ether oxygens (including phenoxy) is 1. The van der Waals surface area contributed by atoms with E-state index < -0.39 is 0 Å². The summed E-state index contributed by atoms with van der Waals surface area (Å²) in [6.45, 7) is 0. The van der Waals surface area contributed by atoms with E-state index in [2.05, 4.69) is 34.7 Å². The van der Waals surface area contributed by atoms with Crippen LogP contribution in [0.4, 0.5) is 0 Å². The molecule has 86 valence electrons. The van der Waals surface area contributed by atoms with Gasteiger partial charge in [0.25, 0.3) is 0 Å². The molecule has 0 unspecified atom stereocenters. The molecule has 1 saturated carbocycles. The lowest BCUT2D eigenvalue weighted by Crippen LogP contribution is -2.15. The summed E-state index contributed by atoms with van der Waals surface area (Å²) in [4.78, 5) is 0. The predicted molar refractivity (Wildman–Crippen MR) is 74.0 cm³/mol. The van der Waals surface area contributed by atoms with E-state index in [1.807, 2.05) is 0 Å². The monoisotopic (exact) mass is 328 g/mol. The highest BCUT2D eigenvalue weighted by Crippen LogP contribution is 2.51. The fourth-order valence-electron chi connectivity index (χ4n) is 3.51. The molecule has 1 nitrogen and oxygen atoms in total. The number of halogens is 1. The lowest BCUT2D eigenvalue weighted by molar-refractivity contribution is 0.314. The second-order valence-electron chi connectivity index (χ2n) is 5.27. The van der Waals surface area contributed by atoms with Gasteiger partial charge >= 0.3 is 0 Å². The molecule has 1 fully saturated rings. The smallest absolute Gasteiger partial charge is 0.122 e. The fourth-order valence-corrected chi connectivity index (χ4v) is 4.21. The van der Waals surface area contributed by atoms with Crippen molar-refractivity contribution in [1.29, 1.82) is 0 Å². The molecule has 1 aromatic rings. The molecule has 0 saturated heterocycles. The lowest BCUT2D eigenvalue weighted by atomic mass is 9.83. The minimum absolute atomic E-state index is 0.594. The van der Waals surface area contributed by atoms with Crippen LogP contribution in [0.1, 0.15) is 36.8 Å². The van der Waals surface area contributed by atoms with E-state index in [0.29, 0.717) is 5.41 Å². The molecule has 2 heteroatoms. The van der Waals surface area contributed by atoms with Crippen LogP contribution in [0.3, 0.4) is 0 Å². The Hall–Kier alpha value is -0.250. The zero-order valence-electron chi connectivity index (χ0n) is 9.68. The van der Waals surface area contributed by atoms with Crippen LogP contribution >= 0.6 is 22.6 Å². The van der Waals surface area contributed by atoms with Crippen molar-refractivity contribution in [3.63, 3.8) is 0 Å². The topological polar surface area (TPSA) is 9.23 Å². The molecular formula is C14H17IO. The van der Waals surface area contributed by atoms with Crippen molar-refractivity contribution in [2.45, 2.75) is 38.5 Å². The Morgan fingerprint density at radius 3 is 2.50 bits per heavy atom. The Morgan fingerprint density at radius 1 is 1.12 bits per heavy atom. The third kappa shape index (κ3) is 1.57. The summed E-state index contributed by atoms with van der Waals surface area (Å²) in [7, 11) is 1.79. The van der Waals surface area contributed by atoms with Crippen LogP contribution in [-0.4, -0.2) is 7.11 Å². The quantitative estimate of drug-likeness (QED) is 0.709. The molecule has 0 aromatic heterocycles. The van der Waals surface area contributed by atoms with Gasteiger partial charge in [-0.2, -0.15) is 0 Å². The standard InChI is InChI=1S/C14H17IO/c1-16-13-5-4-12(15)10-8-14(9-11(10)13)6-2-3-7-14/h4-5H,2-3,6-9H2,1H3. The summed E-state index contributed by atoms with van der Waals surface area (Å²) in [6.07, 6.45) is 8.22. The second kappa shape index (κ2) is 3.90. The van der Waals surface area contributed by atoms with Crippen LogP contribution in [0.15, 0.2) is 12.1 Å². The van der Waals surface area contributed by atoms with Gasteiger partial charge < -0.3 is 4.74 Å². The van der Waals surface area contributed by atoms with Crippen molar-refractivity contribution in [1.82, 2.24) is 0 Å². The normalized spacial score (nSPS) is 21.4. The maximum atomic E-state index is 5.51. The first-order chi connectivity index (χ1) is 7.74. The van der Waals surface area contributed by atoms with E-state index >= 15 is 0 Å². The minimum Gasteiger partial charge on any atom is -0.496 e. The van der Waals surface area contributed by atoms with Gasteiger partial charge in [-0.25, -0.2) is 0 Å². The highest BCUT2D eigenvalue weighted by molar-refractivity contribution is 14.1. The Morgan fingerprint density at radius 2 is 1.81 bits per heavy atom. The van der Waals surface area contributed by atoms with Crippen molar-refractivity contribution in [3.05, 3.63) is 26.8 Å². The number of benzene rings is 1. The van der Waals surface area contributed by atoms with Crippen molar-refractivity contribution in [2.75, 3.05) is 7.11 Å². The summed E-state index contributed by atoms with van der Waals surface area (Å²) in [5.74, 6) is 1.11. The molecule has 0 radical (unpaired) electrons. The molecule has 0 N–H and O–H groups in total. The maximum Gasteiger partial charge on any atom is 0.122 e. The van der Waals surface area contributed by atoms with Gasteiger partial charge in [-0.15, -0.1) is 0 Å². The molecule has 0 atom stereocenters. The summed E-state index contributed by atoms with van der Waals surface area (Å²) >= 11 is 2.47. The Kier molecular flexibility index (Phi) is 2.65. The van der Waals surface area contributed by atoms with Crippen LogP contribution in [0.5, 0.6) is 5.75 Å². The molecule has 0 amide bonds. The van der Waals surface area contributed by atoms with E-state index in [4.69, 9.17) is 4.74 Å². The number of hydrogen-bond donors (Lipinski definition) is 0. The Labute approximate surface area is 111 Å². The first-order valence-electron chi connectivity index (χ1n) is 6.08. The van der Waals surface area contributed by atoms with Gasteiger partial charge in [-0.05, 0) is 76.9 Å². The number of methoxy groups -OCH3 is 1. The van der Waals surface area contributed by atoms with Gasteiger partial charge in [0.05, 0.1) is 7.11 Å². The zero-order chi connectivity index (χ0) is 11.2. The van der Waals surface area contributed by atoms with Crippen LogP contribution in [0.25, 0.3) is 0 Å². The van der Waals surface area contributed by atoms with E-state index in [1.54, 1.807) is 12.7 Å². The van der Waals surface area contributed by atoms with Crippen LogP contribution < -0.4 is 4.74 Å². The predicted octanol–water partition coefficient (Wildman–Crippen LogP) is 3.96. The molecule has 1 aromatic carbocycles. The molecule has 0 aliphatic heterocycles. The van der Waals surface area contributed by atoms with E-state index in [-0.39, 0.29) is 0 Å². The molecule has 0 bridgehead atoms. The van der Waals surface area contributed by atoms with Crippen LogP contribution in [0, 0.1) is 8.99 Å². The van der Waals surface area contributed by atoms with Gasteiger partial charge in [0.2, 0.25) is 0 Å². The number of fused-ring (bicyclic) bond motifs is 1. The minimum atomic E-state index is 0.594. The molecule has 16 heavy (non-hydrogen) atoms. The summed E-state index contributed by atoms with van der Waals surface area (Å²) < 4.78 is 6.94. The van der Waals surface area contributed by atoms with Gasteiger partial charge in [-0.1, -0.05) is 12.8 Å². The van der Waals surface area contributed by atoms with Crippen LogP contribution in [-0.2, 0) is 12.8 Å². The second-order valence-corrected chi connectivity index (χ2v) is 6.43. The van der Waals surface area contributed by atoms with E-state index in [9.17, 15) is 0 Å². The third-order valence-corrected chi connectivity index (χ3v) is 5.33. The fraction of sp³-hybridized carbons (Fsp3) is 0.571. The maximum absolute atomic E-state index is 5.51. The van der Waals surface area contributed by atoms with Crippen molar-refractivity contribution >= 4 is 22.6 Å². The highest BCUT2D eigenvalue weighted by atomic mass is 127. The molecule has 0 heterocycles. The zero-order valence-corrected chi connectivity index (χ0v) is 11.8. The van der Waals surface area contributed by atoms with Gasteiger partial charge in [0.1, 0.15) is 5.75 Å². The summed E-state index contributed by atoms with van der Waals surface area (Å²) in [6, 6.07) is 4.33. The SMILES string of the molecule is COc1ccc(I)c2c1CC1(CCCC1)C2. The summed E-state index contributed by atoms with van der Waals surface area (Å²) in [5.41, 5.74) is 3.66. The molecule has 2 aliphatic rings. The average molecular weight is 328 g/mol. The van der Waals surface area contributed by atoms with E-state index in [1.165, 1.54) is 47.7 Å². The first kappa shape index (κ1) is 10.9. The number of rotatable bonds is 1. The number of hydrogen-bond acceptors (Lipinski definition) is 1. The Bertz CT molecular complexity index is 419. The third-order valence-electron chi connectivity index (χ3n) is 4.32. The van der Waals surface area contributed by atoms with Crippen molar-refractivity contribution < 1.29 is 4.74 Å². The summed E-state index contributed by atoms with van der Waals surface area (Å²) in [5, 5.41) is 0. The Balaban J connectivity index is 2.04.